The van der Waals surface area contributed by atoms with Gasteiger partial charge in [0.25, 0.3) is 5.91 Å². The molecular formula is C30H30N4O3. The molecule has 0 aliphatic carbocycles. The highest BCUT2D eigenvalue weighted by atomic mass is 16.5. The van der Waals surface area contributed by atoms with Crippen LogP contribution in [0.5, 0.6) is 5.75 Å². The number of methoxy groups -OCH3 is 1. The summed E-state index contributed by atoms with van der Waals surface area (Å²) in [4.78, 5) is 32.3. The summed E-state index contributed by atoms with van der Waals surface area (Å²) >= 11 is 0. The zero-order valence-corrected chi connectivity index (χ0v) is 21.3. The standard InChI is InChI=1S/C30H30N4O3/c1-5-17-33(29(36)24-9-7-6-8-10-24)20-28(35)32-30-31-27(23-12-15-26(37-4)16-13-23)19-34(30)25-14-11-21(2)22(3)18-25/h5-16,18-19H,1,17,20H2,2-4H3,(H,31,32,35). The van der Waals surface area contributed by atoms with Crippen molar-refractivity contribution in [1.82, 2.24) is 14.5 Å². The van der Waals surface area contributed by atoms with Crippen LogP contribution in [0.15, 0.2) is 91.6 Å². The molecule has 1 aromatic heterocycles. The van der Waals surface area contributed by atoms with E-state index in [2.05, 4.69) is 18.8 Å². The lowest BCUT2D eigenvalue weighted by atomic mass is 10.1. The molecule has 0 bridgehead atoms. The lowest BCUT2D eigenvalue weighted by Gasteiger charge is -2.20. The molecule has 1 N–H and O–H groups in total. The quantitative estimate of drug-likeness (QED) is 0.315. The van der Waals surface area contributed by atoms with E-state index in [0.29, 0.717) is 17.2 Å². The number of imidazole rings is 1. The Balaban J connectivity index is 1.64. The number of hydrogen-bond donors (Lipinski definition) is 1. The average Bonchev–Trinajstić information content (AvgIpc) is 3.33. The van der Waals surface area contributed by atoms with Crippen LogP contribution in [-0.2, 0) is 4.79 Å². The van der Waals surface area contributed by atoms with Crippen LogP contribution in [0.2, 0.25) is 0 Å². The summed E-state index contributed by atoms with van der Waals surface area (Å²) in [5, 5.41) is 2.91. The molecule has 0 unspecified atom stereocenters. The average molecular weight is 495 g/mol. The first-order chi connectivity index (χ1) is 17.9. The van der Waals surface area contributed by atoms with Crippen molar-refractivity contribution in [2.45, 2.75) is 13.8 Å². The number of benzene rings is 3. The number of ether oxygens (including phenoxy) is 1. The molecule has 0 atom stereocenters. The van der Waals surface area contributed by atoms with Crippen molar-refractivity contribution in [3.8, 4) is 22.7 Å². The van der Waals surface area contributed by atoms with Crippen LogP contribution in [0, 0.1) is 13.8 Å². The fraction of sp³-hybridized carbons (Fsp3) is 0.167. The van der Waals surface area contributed by atoms with Gasteiger partial charge in [-0.15, -0.1) is 6.58 Å². The Kier molecular flexibility index (Phi) is 7.83. The van der Waals surface area contributed by atoms with E-state index in [1.165, 1.54) is 10.5 Å². The van der Waals surface area contributed by atoms with Gasteiger partial charge < -0.3 is 9.64 Å². The smallest absolute Gasteiger partial charge is 0.254 e. The monoisotopic (exact) mass is 494 g/mol. The van der Waals surface area contributed by atoms with Crippen LogP contribution < -0.4 is 10.1 Å². The minimum Gasteiger partial charge on any atom is -0.497 e. The van der Waals surface area contributed by atoms with E-state index in [4.69, 9.17) is 9.72 Å². The van der Waals surface area contributed by atoms with Gasteiger partial charge in [-0.3, -0.25) is 19.5 Å². The summed E-state index contributed by atoms with van der Waals surface area (Å²) in [6.45, 7) is 7.93. The molecule has 0 radical (unpaired) electrons. The lowest BCUT2D eigenvalue weighted by Crippen LogP contribution is -2.38. The van der Waals surface area contributed by atoms with E-state index in [1.54, 1.807) is 37.5 Å². The normalized spacial score (nSPS) is 10.6. The highest BCUT2D eigenvalue weighted by Crippen LogP contribution is 2.27. The predicted octanol–water partition coefficient (Wildman–Crippen LogP) is 5.43. The van der Waals surface area contributed by atoms with Gasteiger partial charge in [-0.2, -0.15) is 0 Å². The van der Waals surface area contributed by atoms with Gasteiger partial charge in [0.15, 0.2) is 0 Å². The lowest BCUT2D eigenvalue weighted by molar-refractivity contribution is -0.116. The first-order valence-electron chi connectivity index (χ1n) is 12.0. The van der Waals surface area contributed by atoms with E-state index in [9.17, 15) is 9.59 Å². The molecule has 0 aliphatic heterocycles. The van der Waals surface area contributed by atoms with Crippen molar-refractivity contribution in [2.24, 2.45) is 0 Å². The molecule has 4 aromatic rings. The van der Waals surface area contributed by atoms with E-state index >= 15 is 0 Å². The highest BCUT2D eigenvalue weighted by molar-refractivity contribution is 5.99. The Morgan fingerprint density at radius 3 is 2.41 bits per heavy atom. The van der Waals surface area contributed by atoms with Crippen LogP contribution in [-0.4, -0.2) is 46.5 Å². The number of rotatable bonds is 9. The number of nitrogens with zero attached hydrogens (tertiary/aromatic N) is 3. The SMILES string of the molecule is C=CCN(CC(=O)Nc1nc(-c2ccc(OC)cc2)cn1-c1ccc(C)c(C)c1)C(=O)c1ccccc1. The van der Waals surface area contributed by atoms with Crippen molar-refractivity contribution < 1.29 is 14.3 Å². The molecule has 37 heavy (non-hydrogen) atoms. The van der Waals surface area contributed by atoms with Gasteiger partial charge in [0.2, 0.25) is 11.9 Å². The molecule has 3 aromatic carbocycles. The third-order valence-corrected chi connectivity index (χ3v) is 6.10. The Labute approximate surface area is 217 Å². The van der Waals surface area contributed by atoms with Gasteiger partial charge in [0, 0.05) is 29.6 Å². The van der Waals surface area contributed by atoms with Crippen LogP contribution in [0.1, 0.15) is 21.5 Å². The first kappa shape index (κ1) is 25.4. The van der Waals surface area contributed by atoms with Crippen molar-refractivity contribution >= 4 is 17.8 Å². The molecule has 0 saturated heterocycles. The summed E-state index contributed by atoms with van der Waals surface area (Å²) in [5.74, 6) is 0.510. The van der Waals surface area contributed by atoms with Crippen LogP contribution in [0.25, 0.3) is 16.9 Å². The van der Waals surface area contributed by atoms with Crippen molar-refractivity contribution in [2.75, 3.05) is 25.5 Å². The molecule has 4 rings (SSSR count). The number of aromatic nitrogens is 2. The Hall–Kier alpha value is -4.65. The maximum Gasteiger partial charge on any atom is 0.254 e. The second kappa shape index (κ2) is 11.4. The Bertz CT molecular complexity index is 1410. The van der Waals surface area contributed by atoms with Gasteiger partial charge >= 0.3 is 0 Å². The van der Waals surface area contributed by atoms with Crippen molar-refractivity contribution in [3.63, 3.8) is 0 Å². The van der Waals surface area contributed by atoms with Crippen LogP contribution in [0.3, 0.4) is 0 Å². The topological polar surface area (TPSA) is 76.5 Å². The molecule has 0 saturated carbocycles. The largest absolute Gasteiger partial charge is 0.497 e. The van der Waals surface area contributed by atoms with Gasteiger partial charge in [0.05, 0.1) is 12.8 Å². The molecule has 0 aliphatic rings. The number of hydrogen-bond acceptors (Lipinski definition) is 4. The number of carbonyl (C=O) groups excluding carboxylic acids is 2. The van der Waals surface area contributed by atoms with Crippen molar-refractivity contribution in [1.29, 1.82) is 0 Å². The minimum atomic E-state index is -0.358. The third-order valence-electron chi connectivity index (χ3n) is 6.10. The fourth-order valence-corrected chi connectivity index (χ4v) is 3.92. The fourth-order valence-electron chi connectivity index (χ4n) is 3.92. The van der Waals surface area contributed by atoms with Gasteiger partial charge in [-0.05, 0) is 73.5 Å². The zero-order valence-electron chi connectivity index (χ0n) is 21.3. The molecule has 7 heteroatoms. The van der Waals surface area contributed by atoms with Gasteiger partial charge in [-0.25, -0.2) is 4.98 Å². The molecule has 0 fully saturated rings. The van der Waals surface area contributed by atoms with E-state index in [1.807, 2.05) is 66.2 Å². The third kappa shape index (κ3) is 5.95. The number of amides is 2. The molecular weight excluding hydrogens is 464 g/mol. The first-order valence-corrected chi connectivity index (χ1v) is 12.0. The van der Waals surface area contributed by atoms with Crippen LogP contribution >= 0.6 is 0 Å². The molecule has 2 amide bonds. The Morgan fingerprint density at radius 1 is 1.03 bits per heavy atom. The number of aryl methyl sites for hydroxylation is 2. The molecule has 1 heterocycles. The van der Waals surface area contributed by atoms with E-state index in [-0.39, 0.29) is 24.9 Å². The summed E-state index contributed by atoms with van der Waals surface area (Å²) < 4.78 is 7.11. The maximum absolute atomic E-state index is 13.2. The highest BCUT2D eigenvalue weighted by Gasteiger charge is 2.20. The predicted molar refractivity (Wildman–Crippen MR) is 146 cm³/mol. The molecule has 188 valence electrons. The van der Waals surface area contributed by atoms with Crippen LogP contribution in [0.4, 0.5) is 5.95 Å². The summed E-state index contributed by atoms with van der Waals surface area (Å²) in [6.07, 6.45) is 3.49. The summed E-state index contributed by atoms with van der Waals surface area (Å²) in [6, 6.07) is 22.5. The van der Waals surface area contributed by atoms with Gasteiger partial charge in [-0.1, -0.05) is 30.3 Å². The molecule has 0 spiro atoms. The zero-order chi connectivity index (χ0) is 26.4. The second-order valence-corrected chi connectivity index (χ2v) is 8.71. The van der Waals surface area contributed by atoms with Gasteiger partial charge in [0.1, 0.15) is 12.3 Å². The minimum absolute atomic E-state index is 0.141. The number of anilines is 1. The molecule has 7 nitrogen and oxygen atoms in total. The van der Waals surface area contributed by atoms with E-state index < -0.39 is 0 Å². The van der Waals surface area contributed by atoms with Crippen molar-refractivity contribution in [3.05, 3.63) is 108 Å². The second-order valence-electron chi connectivity index (χ2n) is 8.71. The Morgan fingerprint density at radius 2 is 1.76 bits per heavy atom. The number of nitrogens with one attached hydrogen (secondary N) is 1. The summed E-state index contributed by atoms with van der Waals surface area (Å²) in [7, 11) is 1.62. The summed E-state index contributed by atoms with van der Waals surface area (Å²) in [5.41, 5.74) is 5.25. The maximum atomic E-state index is 13.2. The van der Waals surface area contributed by atoms with E-state index in [0.717, 1.165) is 22.6 Å². The number of carbonyl (C=O) groups is 2.